The zero-order valence-corrected chi connectivity index (χ0v) is 28.0. The van der Waals surface area contributed by atoms with Crippen LogP contribution in [-0.4, -0.2) is 0 Å². The van der Waals surface area contributed by atoms with Crippen molar-refractivity contribution in [3.8, 4) is 45.2 Å². The number of ether oxygens (including phenoxy) is 1. The summed E-state index contributed by atoms with van der Waals surface area (Å²) in [6.07, 6.45) is 6.14. The van der Waals surface area contributed by atoms with Crippen LogP contribution in [0, 0.1) is 11.3 Å². The van der Waals surface area contributed by atoms with Crippen LogP contribution in [0.3, 0.4) is 0 Å². The van der Waals surface area contributed by atoms with Crippen molar-refractivity contribution in [1.29, 1.82) is 5.26 Å². The summed E-state index contributed by atoms with van der Waals surface area (Å²) in [6.45, 7) is 0. The molecule has 3 nitrogen and oxygen atoms in total. The van der Waals surface area contributed by atoms with Gasteiger partial charge in [0.05, 0.1) is 17.3 Å². The molecule has 0 saturated carbocycles. The van der Waals surface area contributed by atoms with Crippen LogP contribution in [0.5, 0.6) is 5.75 Å². The van der Waals surface area contributed by atoms with E-state index in [0.717, 1.165) is 46.5 Å². The normalized spacial score (nSPS) is 14.8. The van der Waals surface area contributed by atoms with Crippen molar-refractivity contribution in [3.63, 3.8) is 0 Å². The van der Waals surface area contributed by atoms with E-state index >= 15 is 0 Å². The van der Waals surface area contributed by atoms with Gasteiger partial charge >= 0.3 is 0 Å². The molecule has 0 fully saturated rings. The van der Waals surface area contributed by atoms with E-state index in [4.69, 9.17) is 4.74 Å². The Hall–Kier alpha value is -6.63. The number of hydrogen-bond donors (Lipinski definition) is 1. The topological polar surface area (TPSA) is 45.0 Å². The van der Waals surface area contributed by atoms with E-state index in [2.05, 4.69) is 163 Å². The van der Waals surface area contributed by atoms with Crippen molar-refractivity contribution in [3.05, 3.63) is 192 Å². The van der Waals surface area contributed by atoms with Gasteiger partial charge in [-0.15, -0.1) is 0 Å². The molecule has 0 radical (unpaired) electrons. The van der Waals surface area contributed by atoms with Gasteiger partial charge in [-0.1, -0.05) is 146 Å². The van der Waals surface area contributed by atoms with Crippen molar-refractivity contribution < 1.29 is 4.74 Å². The fourth-order valence-electron chi connectivity index (χ4n) is 7.47. The molecule has 1 aliphatic carbocycles. The standard InChI is InChI=1S/C48H34N2O/c49-31-32-15-17-34(18-16-32)36-19-23-38(24-20-36)41-27-28-42(44-14-8-7-13-43(41)44)40-29-45(37-11-5-2-6-12-37)47-46(30-40)51-48(50-47)39-25-21-35(22-26-39)33-9-3-1-4-10-33/h1-19,21-23,25-30,48,50H,20,24H2. The van der Waals surface area contributed by atoms with Crippen LogP contribution in [0.25, 0.3) is 55.3 Å². The van der Waals surface area contributed by atoms with Crippen molar-refractivity contribution in [2.75, 3.05) is 5.32 Å². The summed E-state index contributed by atoms with van der Waals surface area (Å²) in [5.74, 6) is 0.854. The number of nitrogens with one attached hydrogen (secondary N) is 1. The molecule has 242 valence electrons. The van der Waals surface area contributed by atoms with Gasteiger partial charge in [0.25, 0.3) is 0 Å². The maximum atomic E-state index is 9.19. The smallest absolute Gasteiger partial charge is 0.196 e. The van der Waals surface area contributed by atoms with Crippen LogP contribution in [-0.2, 0) is 0 Å². The SMILES string of the molecule is N#Cc1ccc(C2=CC=C(c3ccc(-c4cc5c(c(-c6ccccc6)c4)NC(c4ccc(-c6ccccc6)cc4)O5)c4ccccc34)CC2)cc1. The number of anilines is 1. The quantitative estimate of drug-likeness (QED) is 0.194. The summed E-state index contributed by atoms with van der Waals surface area (Å²) in [5.41, 5.74) is 14.8. The number of benzene rings is 7. The molecule has 2 aliphatic rings. The van der Waals surface area contributed by atoms with E-state index in [1.807, 2.05) is 18.2 Å². The van der Waals surface area contributed by atoms with Gasteiger partial charge in [-0.3, -0.25) is 0 Å². The molecule has 1 unspecified atom stereocenters. The third-order valence-corrected chi connectivity index (χ3v) is 10.1. The molecule has 1 heterocycles. The third-order valence-electron chi connectivity index (χ3n) is 10.1. The number of allylic oxidation sites excluding steroid dienone is 4. The highest BCUT2D eigenvalue weighted by Crippen LogP contribution is 2.48. The molecule has 7 aromatic carbocycles. The van der Waals surface area contributed by atoms with Crippen LogP contribution in [0.1, 0.15) is 41.3 Å². The molecule has 0 saturated heterocycles. The number of nitrogens with zero attached hydrogens (tertiary/aromatic N) is 1. The first-order valence-electron chi connectivity index (χ1n) is 17.5. The maximum Gasteiger partial charge on any atom is 0.196 e. The second kappa shape index (κ2) is 13.0. The zero-order chi connectivity index (χ0) is 34.1. The zero-order valence-electron chi connectivity index (χ0n) is 28.0. The predicted molar refractivity (Wildman–Crippen MR) is 210 cm³/mol. The van der Waals surface area contributed by atoms with Gasteiger partial charge in [0.2, 0.25) is 0 Å². The van der Waals surface area contributed by atoms with Crippen molar-refractivity contribution in [2.24, 2.45) is 0 Å². The lowest BCUT2D eigenvalue weighted by Crippen LogP contribution is -2.10. The van der Waals surface area contributed by atoms with Gasteiger partial charge in [-0.05, 0) is 98.0 Å². The van der Waals surface area contributed by atoms with Crippen LogP contribution in [0.2, 0.25) is 0 Å². The highest BCUT2D eigenvalue weighted by atomic mass is 16.5. The van der Waals surface area contributed by atoms with Crippen LogP contribution >= 0.6 is 0 Å². The highest BCUT2D eigenvalue weighted by molar-refractivity contribution is 6.04. The second-order valence-electron chi connectivity index (χ2n) is 13.2. The van der Waals surface area contributed by atoms with Crippen LogP contribution in [0.4, 0.5) is 5.69 Å². The molecule has 1 N–H and O–H groups in total. The van der Waals surface area contributed by atoms with E-state index < -0.39 is 0 Å². The lowest BCUT2D eigenvalue weighted by molar-refractivity contribution is 0.260. The van der Waals surface area contributed by atoms with Gasteiger partial charge in [0.1, 0.15) is 5.75 Å². The monoisotopic (exact) mass is 654 g/mol. The Bertz CT molecular complexity index is 2510. The fraction of sp³-hybridized carbons (Fsp3) is 0.0625. The molecule has 1 aliphatic heterocycles. The molecule has 1 atom stereocenters. The highest BCUT2D eigenvalue weighted by Gasteiger charge is 2.28. The molecule has 0 amide bonds. The van der Waals surface area contributed by atoms with E-state index in [1.54, 1.807) is 0 Å². The van der Waals surface area contributed by atoms with E-state index in [1.165, 1.54) is 49.7 Å². The minimum Gasteiger partial charge on any atom is -0.464 e. The van der Waals surface area contributed by atoms with Crippen molar-refractivity contribution in [1.82, 2.24) is 0 Å². The Balaban J connectivity index is 1.08. The summed E-state index contributed by atoms with van der Waals surface area (Å²) >= 11 is 0. The molecule has 0 spiro atoms. The number of hydrogen-bond acceptors (Lipinski definition) is 3. The molecule has 3 heteroatoms. The number of nitriles is 1. The first kappa shape index (κ1) is 30.4. The number of fused-ring (bicyclic) bond motifs is 2. The summed E-state index contributed by atoms with van der Waals surface area (Å²) < 4.78 is 6.71. The van der Waals surface area contributed by atoms with E-state index in [-0.39, 0.29) is 6.23 Å². The maximum absolute atomic E-state index is 9.19. The average molecular weight is 655 g/mol. The molecule has 0 aromatic heterocycles. The molecule has 51 heavy (non-hydrogen) atoms. The molecular weight excluding hydrogens is 621 g/mol. The molecule has 9 rings (SSSR count). The second-order valence-corrected chi connectivity index (χ2v) is 13.2. The Labute approximate surface area is 298 Å². The van der Waals surface area contributed by atoms with Gasteiger partial charge in [-0.25, -0.2) is 0 Å². The minimum atomic E-state index is -0.290. The third kappa shape index (κ3) is 5.78. The first-order chi connectivity index (χ1) is 25.2. The van der Waals surface area contributed by atoms with Gasteiger partial charge in [-0.2, -0.15) is 5.26 Å². The van der Waals surface area contributed by atoms with Gasteiger partial charge < -0.3 is 10.1 Å². The Morgan fingerprint density at radius 3 is 1.78 bits per heavy atom. The number of rotatable bonds is 6. The molecule has 0 bridgehead atoms. The van der Waals surface area contributed by atoms with E-state index in [0.29, 0.717) is 5.56 Å². The fourth-order valence-corrected chi connectivity index (χ4v) is 7.47. The molecule has 7 aromatic rings. The van der Waals surface area contributed by atoms with Gasteiger partial charge in [0.15, 0.2) is 6.23 Å². The summed E-state index contributed by atoms with van der Waals surface area (Å²) in [6, 6.07) is 57.6. The predicted octanol–water partition coefficient (Wildman–Crippen LogP) is 12.5. The van der Waals surface area contributed by atoms with E-state index in [9.17, 15) is 5.26 Å². The van der Waals surface area contributed by atoms with Crippen LogP contribution in [0.15, 0.2) is 170 Å². The minimum absolute atomic E-state index is 0.290. The average Bonchev–Trinajstić information content (AvgIpc) is 3.65. The van der Waals surface area contributed by atoms with Gasteiger partial charge in [0, 0.05) is 11.1 Å². The van der Waals surface area contributed by atoms with Crippen molar-refractivity contribution in [2.45, 2.75) is 19.1 Å². The lowest BCUT2D eigenvalue weighted by atomic mass is 9.86. The Morgan fingerprint density at radius 2 is 1.10 bits per heavy atom. The summed E-state index contributed by atoms with van der Waals surface area (Å²) in [5, 5.41) is 15.4. The Kier molecular flexibility index (Phi) is 7.76. The lowest BCUT2D eigenvalue weighted by Gasteiger charge is -2.19. The first-order valence-corrected chi connectivity index (χ1v) is 17.5. The van der Waals surface area contributed by atoms with Crippen molar-refractivity contribution >= 4 is 27.6 Å². The molecular formula is C48H34N2O. The summed E-state index contributed by atoms with van der Waals surface area (Å²) in [7, 11) is 0. The largest absolute Gasteiger partial charge is 0.464 e. The summed E-state index contributed by atoms with van der Waals surface area (Å²) in [4.78, 5) is 0. The Morgan fingerprint density at radius 1 is 0.510 bits per heavy atom. The van der Waals surface area contributed by atoms with Crippen LogP contribution < -0.4 is 10.1 Å².